The SMILES string of the molecule is CC(C)(C)NC(=O)NCCCCNC(=O)Nc1ccccc1. The molecule has 1 aromatic carbocycles. The van der Waals surface area contributed by atoms with Gasteiger partial charge in [0.05, 0.1) is 0 Å². The molecule has 0 aliphatic rings. The standard InChI is InChI=1S/C16H26N4O2/c1-16(2,3)20-15(22)18-12-8-7-11-17-14(21)19-13-9-5-4-6-10-13/h4-6,9-10H,7-8,11-12H2,1-3H3,(H2,17,19,21)(H2,18,20,22). The number of para-hydroxylation sites is 1. The lowest BCUT2D eigenvalue weighted by Crippen LogP contribution is -2.46. The summed E-state index contributed by atoms with van der Waals surface area (Å²) in [5.41, 5.74) is 0.529. The molecule has 0 heterocycles. The van der Waals surface area contributed by atoms with Crippen LogP contribution in [0.3, 0.4) is 0 Å². The third-order valence-electron chi connectivity index (χ3n) is 2.69. The average Bonchev–Trinajstić information content (AvgIpc) is 2.42. The highest BCUT2D eigenvalue weighted by atomic mass is 16.2. The van der Waals surface area contributed by atoms with Gasteiger partial charge in [-0.05, 0) is 45.7 Å². The van der Waals surface area contributed by atoms with Gasteiger partial charge in [0.25, 0.3) is 0 Å². The van der Waals surface area contributed by atoms with Gasteiger partial charge in [-0.1, -0.05) is 18.2 Å². The number of carbonyl (C=O) groups excluding carboxylic acids is 2. The van der Waals surface area contributed by atoms with Crippen molar-refractivity contribution in [1.29, 1.82) is 0 Å². The van der Waals surface area contributed by atoms with Crippen molar-refractivity contribution in [2.24, 2.45) is 0 Å². The van der Waals surface area contributed by atoms with Crippen molar-refractivity contribution >= 4 is 17.7 Å². The van der Waals surface area contributed by atoms with E-state index in [4.69, 9.17) is 0 Å². The van der Waals surface area contributed by atoms with Crippen molar-refractivity contribution in [2.45, 2.75) is 39.2 Å². The molecule has 0 aliphatic heterocycles. The minimum absolute atomic E-state index is 0.165. The number of nitrogens with one attached hydrogen (secondary N) is 4. The minimum Gasteiger partial charge on any atom is -0.338 e. The number of carbonyl (C=O) groups is 2. The Morgan fingerprint density at radius 1 is 0.909 bits per heavy atom. The maximum absolute atomic E-state index is 11.6. The van der Waals surface area contributed by atoms with E-state index < -0.39 is 0 Å². The first-order chi connectivity index (χ1) is 10.4. The second kappa shape index (κ2) is 8.92. The van der Waals surface area contributed by atoms with E-state index in [0.717, 1.165) is 18.5 Å². The van der Waals surface area contributed by atoms with Crippen LogP contribution >= 0.6 is 0 Å². The Morgan fingerprint density at radius 2 is 1.45 bits per heavy atom. The molecule has 0 aromatic heterocycles. The summed E-state index contributed by atoms with van der Waals surface area (Å²) < 4.78 is 0. The molecule has 0 saturated heterocycles. The van der Waals surface area contributed by atoms with E-state index >= 15 is 0 Å². The zero-order chi connectivity index (χ0) is 16.4. The maximum atomic E-state index is 11.6. The average molecular weight is 306 g/mol. The Hall–Kier alpha value is -2.24. The highest BCUT2D eigenvalue weighted by molar-refractivity contribution is 5.89. The lowest BCUT2D eigenvalue weighted by Gasteiger charge is -2.20. The molecule has 4 amide bonds. The lowest BCUT2D eigenvalue weighted by atomic mass is 10.1. The first kappa shape index (κ1) is 17.8. The summed E-state index contributed by atoms with van der Waals surface area (Å²) >= 11 is 0. The van der Waals surface area contributed by atoms with Crippen LogP contribution in [0.5, 0.6) is 0 Å². The molecule has 0 atom stereocenters. The van der Waals surface area contributed by atoms with Crippen LogP contribution in [0.4, 0.5) is 15.3 Å². The molecule has 6 nitrogen and oxygen atoms in total. The first-order valence-corrected chi connectivity index (χ1v) is 7.53. The molecule has 122 valence electrons. The van der Waals surface area contributed by atoms with E-state index in [1.807, 2.05) is 51.1 Å². The zero-order valence-corrected chi connectivity index (χ0v) is 13.5. The van der Waals surface area contributed by atoms with E-state index in [0.29, 0.717) is 13.1 Å². The third-order valence-corrected chi connectivity index (χ3v) is 2.69. The van der Waals surface area contributed by atoms with Gasteiger partial charge in [-0.2, -0.15) is 0 Å². The van der Waals surface area contributed by atoms with E-state index in [1.54, 1.807) is 0 Å². The van der Waals surface area contributed by atoms with Gasteiger partial charge in [-0.3, -0.25) is 0 Å². The van der Waals surface area contributed by atoms with Crippen LogP contribution in [0, 0.1) is 0 Å². The maximum Gasteiger partial charge on any atom is 0.319 e. The fourth-order valence-electron chi connectivity index (χ4n) is 1.74. The van der Waals surface area contributed by atoms with Gasteiger partial charge in [0.1, 0.15) is 0 Å². The van der Waals surface area contributed by atoms with Crippen LogP contribution in [0.15, 0.2) is 30.3 Å². The van der Waals surface area contributed by atoms with Crippen LogP contribution in [0.2, 0.25) is 0 Å². The molecule has 22 heavy (non-hydrogen) atoms. The molecule has 1 aromatic rings. The molecule has 0 bridgehead atoms. The molecule has 6 heteroatoms. The second-order valence-electron chi connectivity index (χ2n) is 6.08. The molecular formula is C16H26N4O2. The Labute approximate surface area is 132 Å². The smallest absolute Gasteiger partial charge is 0.319 e. The molecule has 0 aliphatic carbocycles. The van der Waals surface area contributed by atoms with Gasteiger partial charge < -0.3 is 21.3 Å². The van der Waals surface area contributed by atoms with Gasteiger partial charge in [-0.25, -0.2) is 9.59 Å². The van der Waals surface area contributed by atoms with Crippen molar-refractivity contribution < 1.29 is 9.59 Å². The fourth-order valence-corrected chi connectivity index (χ4v) is 1.74. The number of rotatable bonds is 6. The van der Waals surface area contributed by atoms with E-state index in [2.05, 4.69) is 21.3 Å². The summed E-state index contributed by atoms with van der Waals surface area (Å²) in [5, 5.41) is 11.1. The van der Waals surface area contributed by atoms with E-state index in [9.17, 15) is 9.59 Å². The van der Waals surface area contributed by atoms with Crippen molar-refractivity contribution in [1.82, 2.24) is 16.0 Å². The van der Waals surface area contributed by atoms with Crippen LogP contribution in [-0.2, 0) is 0 Å². The summed E-state index contributed by atoms with van der Waals surface area (Å²) in [5.74, 6) is 0. The Kier molecular flexibility index (Phi) is 7.22. The second-order valence-corrected chi connectivity index (χ2v) is 6.08. The van der Waals surface area contributed by atoms with Crippen LogP contribution in [0.25, 0.3) is 0 Å². The van der Waals surface area contributed by atoms with Crippen molar-refractivity contribution in [3.8, 4) is 0 Å². The van der Waals surface area contributed by atoms with E-state index in [1.165, 1.54) is 0 Å². The quantitative estimate of drug-likeness (QED) is 0.609. The molecular weight excluding hydrogens is 280 g/mol. The Morgan fingerprint density at radius 3 is 2.00 bits per heavy atom. The van der Waals surface area contributed by atoms with Crippen molar-refractivity contribution in [3.63, 3.8) is 0 Å². The fraction of sp³-hybridized carbons (Fsp3) is 0.500. The molecule has 0 unspecified atom stereocenters. The molecule has 0 saturated carbocycles. The predicted molar refractivity (Wildman–Crippen MR) is 89.0 cm³/mol. The summed E-state index contributed by atoms with van der Waals surface area (Å²) in [6, 6.07) is 8.90. The monoisotopic (exact) mass is 306 g/mol. The Bertz CT molecular complexity index is 469. The van der Waals surface area contributed by atoms with E-state index in [-0.39, 0.29) is 17.6 Å². The largest absolute Gasteiger partial charge is 0.338 e. The van der Waals surface area contributed by atoms with Crippen LogP contribution in [0.1, 0.15) is 33.6 Å². The predicted octanol–water partition coefficient (Wildman–Crippen LogP) is 2.69. The van der Waals surface area contributed by atoms with Crippen molar-refractivity contribution in [2.75, 3.05) is 18.4 Å². The Balaban J connectivity index is 2.04. The summed E-state index contributed by atoms with van der Waals surface area (Å²) in [7, 11) is 0. The van der Waals surface area contributed by atoms with Gasteiger partial charge in [-0.15, -0.1) is 0 Å². The summed E-state index contributed by atoms with van der Waals surface area (Å²) in [6.45, 7) is 6.96. The number of unbranched alkanes of at least 4 members (excludes halogenated alkanes) is 1. The normalized spacial score (nSPS) is 10.7. The van der Waals surface area contributed by atoms with Gasteiger partial charge >= 0.3 is 12.1 Å². The molecule has 0 spiro atoms. The highest BCUT2D eigenvalue weighted by Gasteiger charge is 2.12. The lowest BCUT2D eigenvalue weighted by molar-refractivity contribution is 0.231. The number of hydrogen-bond acceptors (Lipinski definition) is 2. The van der Waals surface area contributed by atoms with Crippen molar-refractivity contribution in [3.05, 3.63) is 30.3 Å². The number of amides is 4. The summed E-state index contributed by atoms with van der Waals surface area (Å²) in [4.78, 5) is 23.1. The molecule has 0 fully saturated rings. The number of benzene rings is 1. The highest BCUT2D eigenvalue weighted by Crippen LogP contribution is 2.04. The third kappa shape index (κ3) is 8.84. The van der Waals surface area contributed by atoms with Crippen LogP contribution in [-0.4, -0.2) is 30.7 Å². The molecule has 4 N–H and O–H groups in total. The number of hydrogen-bond donors (Lipinski definition) is 4. The van der Waals surface area contributed by atoms with Crippen LogP contribution < -0.4 is 21.3 Å². The number of urea groups is 2. The minimum atomic E-state index is -0.235. The zero-order valence-electron chi connectivity index (χ0n) is 13.5. The summed E-state index contributed by atoms with van der Waals surface area (Å²) in [6.07, 6.45) is 1.61. The molecule has 0 radical (unpaired) electrons. The number of anilines is 1. The molecule has 1 rings (SSSR count). The van der Waals surface area contributed by atoms with Gasteiger partial charge in [0.2, 0.25) is 0 Å². The van der Waals surface area contributed by atoms with Gasteiger partial charge in [0, 0.05) is 24.3 Å². The topological polar surface area (TPSA) is 82.3 Å². The van der Waals surface area contributed by atoms with Gasteiger partial charge in [0.15, 0.2) is 0 Å². The first-order valence-electron chi connectivity index (χ1n) is 7.53.